The Morgan fingerprint density at radius 1 is 1.32 bits per heavy atom. The van der Waals surface area contributed by atoms with Crippen LogP contribution >= 0.6 is 11.6 Å². The highest BCUT2D eigenvalue weighted by atomic mass is 35.5. The van der Waals surface area contributed by atoms with E-state index in [-0.39, 0.29) is 0 Å². The fourth-order valence-corrected chi connectivity index (χ4v) is 1.99. The van der Waals surface area contributed by atoms with E-state index in [1.807, 2.05) is 26.1 Å². The Balaban J connectivity index is 2.03. The van der Waals surface area contributed by atoms with Crippen molar-refractivity contribution in [1.82, 2.24) is 9.88 Å². The third kappa shape index (κ3) is 3.70. The van der Waals surface area contributed by atoms with E-state index in [0.29, 0.717) is 23.9 Å². The molecule has 2 aromatic rings. The third-order valence-electron chi connectivity index (χ3n) is 2.71. The van der Waals surface area contributed by atoms with Gasteiger partial charge in [-0.15, -0.1) is 0 Å². The summed E-state index contributed by atoms with van der Waals surface area (Å²) < 4.78 is 5.54. The van der Waals surface area contributed by atoms with Crippen LogP contribution in [0, 0.1) is 6.92 Å². The van der Waals surface area contributed by atoms with Gasteiger partial charge in [0, 0.05) is 6.54 Å². The first-order valence-electron chi connectivity index (χ1n) is 5.94. The first-order valence-corrected chi connectivity index (χ1v) is 6.32. The minimum absolute atomic E-state index is 0.599. The van der Waals surface area contributed by atoms with Crippen LogP contribution in [0.5, 0.6) is 0 Å². The molecule has 0 aromatic carbocycles. The topological polar surface area (TPSA) is 67.3 Å². The van der Waals surface area contributed by atoms with Crippen LogP contribution in [0.15, 0.2) is 28.7 Å². The maximum atomic E-state index is 6.12. The molecule has 0 atom stereocenters. The molecule has 0 aliphatic heterocycles. The second-order valence-electron chi connectivity index (χ2n) is 4.45. The number of pyridine rings is 1. The molecule has 102 valence electrons. The Bertz CT molecular complexity index is 555. The average Bonchev–Trinajstić information content (AvgIpc) is 2.77. The van der Waals surface area contributed by atoms with Gasteiger partial charge >= 0.3 is 0 Å². The highest BCUT2D eigenvalue weighted by Gasteiger charge is 2.09. The van der Waals surface area contributed by atoms with Crippen molar-refractivity contribution in [3.8, 4) is 0 Å². The number of furan rings is 1. The van der Waals surface area contributed by atoms with E-state index in [4.69, 9.17) is 21.9 Å². The van der Waals surface area contributed by atoms with E-state index in [1.54, 1.807) is 12.1 Å². The maximum absolute atomic E-state index is 6.12. The minimum Gasteiger partial charge on any atom is -0.465 e. The van der Waals surface area contributed by atoms with Gasteiger partial charge in [0.25, 0.3) is 0 Å². The number of nitrogens with zero attached hydrogens (tertiary/aromatic N) is 2. The van der Waals surface area contributed by atoms with Crippen LogP contribution in [0.25, 0.3) is 0 Å². The van der Waals surface area contributed by atoms with Gasteiger partial charge in [-0.05, 0) is 38.2 Å². The molecule has 6 heteroatoms. The van der Waals surface area contributed by atoms with Crippen molar-refractivity contribution in [3.05, 3.63) is 46.5 Å². The number of aryl methyl sites for hydroxylation is 1. The van der Waals surface area contributed by atoms with Gasteiger partial charge in [0.05, 0.1) is 17.3 Å². The Kier molecular flexibility index (Phi) is 4.42. The zero-order valence-electron chi connectivity index (χ0n) is 11.0. The number of hydrogen-bond acceptors (Lipinski definition) is 5. The lowest BCUT2D eigenvalue weighted by Crippen LogP contribution is -2.19. The van der Waals surface area contributed by atoms with Crippen LogP contribution in [-0.2, 0) is 13.1 Å². The first kappa shape index (κ1) is 13.9. The lowest BCUT2D eigenvalue weighted by atomic mass is 10.3. The molecule has 0 unspecified atom stereocenters. The number of nitrogens with two attached hydrogens (primary N) is 1. The van der Waals surface area contributed by atoms with Gasteiger partial charge in [-0.1, -0.05) is 11.6 Å². The molecule has 3 N–H and O–H groups in total. The van der Waals surface area contributed by atoms with Crippen molar-refractivity contribution in [2.45, 2.75) is 20.0 Å². The highest BCUT2D eigenvalue weighted by molar-refractivity contribution is 6.31. The van der Waals surface area contributed by atoms with Crippen molar-refractivity contribution in [3.63, 3.8) is 0 Å². The molecular formula is C13H17ClN4O. The molecule has 0 fully saturated rings. The number of anilines is 1. The molecule has 0 saturated carbocycles. The number of hydrogen-bond donors (Lipinski definition) is 2. The molecule has 0 saturated heterocycles. The monoisotopic (exact) mass is 280 g/mol. The van der Waals surface area contributed by atoms with Crippen molar-refractivity contribution < 1.29 is 4.42 Å². The van der Waals surface area contributed by atoms with Crippen LogP contribution in [0.2, 0.25) is 5.02 Å². The summed E-state index contributed by atoms with van der Waals surface area (Å²) >= 11 is 6.12. The fourth-order valence-electron chi connectivity index (χ4n) is 1.82. The van der Waals surface area contributed by atoms with E-state index >= 15 is 0 Å². The lowest BCUT2D eigenvalue weighted by molar-refractivity contribution is 0.282. The standard InChI is InChI=1S/C13H17ClN4O/c1-9-3-4-10(19-9)7-18(2)8-12-11(14)5-6-13(16-12)17-15/h3-6H,7-8,15H2,1-2H3,(H,16,17). The molecule has 5 nitrogen and oxygen atoms in total. The number of halogens is 1. The molecule has 2 aromatic heterocycles. The van der Waals surface area contributed by atoms with Crippen LogP contribution in [0.1, 0.15) is 17.2 Å². The largest absolute Gasteiger partial charge is 0.465 e. The molecule has 0 spiro atoms. The summed E-state index contributed by atoms with van der Waals surface area (Å²) in [6.07, 6.45) is 0. The molecule has 0 aliphatic rings. The molecule has 0 aliphatic carbocycles. The Morgan fingerprint density at radius 2 is 2.11 bits per heavy atom. The molecule has 2 rings (SSSR count). The fraction of sp³-hybridized carbons (Fsp3) is 0.308. The van der Waals surface area contributed by atoms with Crippen molar-refractivity contribution in [2.75, 3.05) is 12.5 Å². The normalized spacial score (nSPS) is 11.0. The van der Waals surface area contributed by atoms with Gasteiger partial charge in [0.1, 0.15) is 17.3 Å². The summed E-state index contributed by atoms with van der Waals surface area (Å²) in [4.78, 5) is 6.41. The Hall–Kier alpha value is -1.56. The van der Waals surface area contributed by atoms with E-state index in [9.17, 15) is 0 Å². The third-order valence-corrected chi connectivity index (χ3v) is 3.05. The van der Waals surface area contributed by atoms with Gasteiger partial charge in [0.15, 0.2) is 0 Å². The highest BCUT2D eigenvalue weighted by Crippen LogP contribution is 2.18. The predicted octanol–water partition coefficient (Wildman–Crippen LogP) is 2.55. The van der Waals surface area contributed by atoms with Gasteiger partial charge in [0.2, 0.25) is 0 Å². The SMILES string of the molecule is Cc1ccc(CN(C)Cc2nc(NN)ccc2Cl)o1. The van der Waals surface area contributed by atoms with Crippen LogP contribution < -0.4 is 11.3 Å². The van der Waals surface area contributed by atoms with Gasteiger partial charge in [-0.2, -0.15) is 0 Å². The quantitative estimate of drug-likeness (QED) is 0.651. The van der Waals surface area contributed by atoms with E-state index in [1.165, 1.54) is 0 Å². The number of aromatic nitrogens is 1. The second kappa shape index (κ2) is 6.06. The van der Waals surface area contributed by atoms with E-state index in [0.717, 1.165) is 17.2 Å². The Morgan fingerprint density at radius 3 is 2.74 bits per heavy atom. The second-order valence-corrected chi connectivity index (χ2v) is 4.86. The summed E-state index contributed by atoms with van der Waals surface area (Å²) in [5, 5.41) is 0.626. The average molecular weight is 281 g/mol. The van der Waals surface area contributed by atoms with Gasteiger partial charge in [-0.3, -0.25) is 4.90 Å². The zero-order valence-corrected chi connectivity index (χ0v) is 11.7. The Labute approximate surface area is 117 Å². The number of nitrogens with one attached hydrogen (secondary N) is 1. The molecule has 2 heterocycles. The molecule has 19 heavy (non-hydrogen) atoms. The number of nitrogen functional groups attached to an aromatic ring is 1. The summed E-state index contributed by atoms with van der Waals surface area (Å²) in [7, 11) is 1.98. The summed E-state index contributed by atoms with van der Waals surface area (Å²) in [5.41, 5.74) is 3.29. The molecule has 0 amide bonds. The van der Waals surface area contributed by atoms with Crippen molar-refractivity contribution in [1.29, 1.82) is 0 Å². The van der Waals surface area contributed by atoms with Gasteiger partial charge in [-0.25, -0.2) is 10.8 Å². The zero-order chi connectivity index (χ0) is 13.8. The van der Waals surface area contributed by atoms with E-state index in [2.05, 4.69) is 15.3 Å². The summed E-state index contributed by atoms with van der Waals surface area (Å²) in [5.74, 6) is 7.77. The molecule has 0 radical (unpaired) electrons. The number of hydrazine groups is 1. The maximum Gasteiger partial charge on any atom is 0.140 e. The van der Waals surface area contributed by atoms with Crippen LogP contribution in [0.3, 0.4) is 0 Å². The predicted molar refractivity (Wildman–Crippen MR) is 75.7 cm³/mol. The molecular weight excluding hydrogens is 264 g/mol. The number of rotatable bonds is 5. The first-order chi connectivity index (χ1) is 9.08. The van der Waals surface area contributed by atoms with Crippen molar-refractivity contribution >= 4 is 17.4 Å². The lowest BCUT2D eigenvalue weighted by Gasteiger charge is -2.16. The van der Waals surface area contributed by atoms with E-state index < -0.39 is 0 Å². The summed E-state index contributed by atoms with van der Waals surface area (Å²) in [6.45, 7) is 3.25. The summed E-state index contributed by atoms with van der Waals surface area (Å²) in [6, 6.07) is 7.44. The van der Waals surface area contributed by atoms with Crippen molar-refractivity contribution in [2.24, 2.45) is 5.84 Å². The van der Waals surface area contributed by atoms with Gasteiger partial charge < -0.3 is 9.84 Å². The minimum atomic E-state index is 0.599. The molecule has 0 bridgehead atoms. The van der Waals surface area contributed by atoms with Crippen LogP contribution in [0.4, 0.5) is 5.82 Å². The van der Waals surface area contributed by atoms with Crippen LogP contribution in [-0.4, -0.2) is 16.9 Å². The smallest absolute Gasteiger partial charge is 0.140 e.